The van der Waals surface area contributed by atoms with Crippen LogP contribution in [0.1, 0.15) is 5.56 Å². The maximum Gasteiger partial charge on any atom is 0.424 e. The summed E-state index contributed by atoms with van der Waals surface area (Å²) in [4.78, 5) is 7.93. The highest BCUT2D eigenvalue weighted by Gasteiger charge is 2.44. The highest BCUT2D eigenvalue weighted by molar-refractivity contribution is 14.1. The first-order valence-electron chi connectivity index (χ1n) is 3.94. The Bertz CT molecular complexity index is 616. The fourth-order valence-electron chi connectivity index (χ4n) is 1.19. The van der Waals surface area contributed by atoms with E-state index >= 15 is 0 Å². The molecule has 0 radical (unpaired) electrons. The first kappa shape index (κ1) is 15.4. The minimum Gasteiger partial charge on any atom is -0.258 e. The van der Waals surface area contributed by atoms with Crippen LogP contribution in [0.15, 0.2) is 17.0 Å². The van der Waals surface area contributed by atoms with Crippen molar-refractivity contribution in [3.63, 3.8) is 0 Å². The van der Waals surface area contributed by atoms with Crippen LogP contribution in [0.3, 0.4) is 0 Å². The van der Waals surface area contributed by atoms with Gasteiger partial charge in [-0.3, -0.25) is 10.1 Å². The molecule has 100 valence electrons. The van der Waals surface area contributed by atoms with Crippen LogP contribution < -0.4 is 0 Å². The summed E-state index contributed by atoms with van der Waals surface area (Å²) in [6, 6.07) is 1.24. The van der Waals surface area contributed by atoms with Gasteiger partial charge in [-0.2, -0.15) is 13.2 Å². The summed E-state index contributed by atoms with van der Waals surface area (Å²) >= 11 is 1.45. The Kier molecular flexibility index (Phi) is 4.13. The number of nitro groups is 1. The lowest BCUT2D eigenvalue weighted by molar-refractivity contribution is -0.388. The molecule has 0 atom stereocenters. The molecule has 0 amide bonds. The van der Waals surface area contributed by atoms with Gasteiger partial charge in [0.15, 0.2) is 5.56 Å². The molecule has 1 aromatic rings. The van der Waals surface area contributed by atoms with Gasteiger partial charge >= 0.3 is 6.18 Å². The lowest BCUT2D eigenvalue weighted by Gasteiger charge is -2.11. The molecule has 1 rings (SSSR count). The highest BCUT2D eigenvalue weighted by Crippen LogP contribution is 2.42. The second-order valence-electron chi connectivity index (χ2n) is 2.99. The third-order valence-electron chi connectivity index (χ3n) is 1.79. The van der Waals surface area contributed by atoms with Crippen LogP contribution in [0.2, 0.25) is 0 Å². The molecule has 0 spiro atoms. The standard InChI is InChI=1S/C7H2ClF3INO4S/c8-18(16,17)5-2-3(12)1-4(13(14)15)6(5)7(9,10)11/h1-2H. The van der Waals surface area contributed by atoms with Crippen LogP contribution in [0.4, 0.5) is 18.9 Å². The maximum atomic E-state index is 12.7. The van der Waals surface area contributed by atoms with Crippen LogP contribution in [-0.4, -0.2) is 13.3 Å². The van der Waals surface area contributed by atoms with Crippen molar-refractivity contribution in [3.05, 3.63) is 31.4 Å². The lowest BCUT2D eigenvalue weighted by Crippen LogP contribution is -2.14. The molecular formula is C7H2ClF3INO4S. The Labute approximate surface area is 117 Å². The number of hydrogen-bond donors (Lipinski definition) is 0. The third-order valence-corrected chi connectivity index (χ3v) is 3.76. The fraction of sp³-hybridized carbons (Fsp3) is 0.143. The molecular weight excluding hydrogens is 413 g/mol. The van der Waals surface area contributed by atoms with Crippen LogP contribution in [0, 0.1) is 13.7 Å². The molecule has 0 unspecified atom stereocenters. The average Bonchev–Trinajstić information content (AvgIpc) is 2.12. The second kappa shape index (κ2) is 4.81. The van der Waals surface area contributed by atoms with Crippen molar-refractivity contribution in [3.8, 4) is 0 Å². The fourth-order valence-corrected chi connectivity index (χ4v) is 3.10. The van der Waals surface area contributed by atoms with Crippen LogP contribution >= 0.6 is 33.3 Å². The molecule has 0 saturated heterocycles. The molecule has 0 fully saturated rings. The molecule has 0 bridgehead atoms. The maximum absolute atomic E-state index is 12.7. The average molecular weight is 416 g/mol. The highest BCUT2D eigenvalue weighted by atomic mass is 127. The van der Waals surface area contributed by atoms with E-state index in [1.165, 1.54) is 22.6 Å². The Morgan fingerprint density at radius 2 is 1.83 bits per heavy atom. The molecule has 0 aliphatic heterocycles. The molecule has 0 saturated carbocycles. The van der Waals surface area contributed by atoms with Gasteiger partial charge in [-0.25, -0.2) is 8.42 Å². The number of nitrogens with zero attached hydrogens (tertiary/aromatic N) is 1. The Hall–Kier alpha value is -0.620. The summed E-state index contributed by atoms with van der Waals surface area (Å²) in [6.45, 7) is 0. The molecule has 18 heavy (non-hydrogen) atoms. The summed E-state index contributed by atoms with van der Waals surface area (Å²) < 4.78 is 60.2. The number of nitro benzene ring substituents is 1. The first-order valence-corrected chi connectivity index (χ1v) is 7.33. The minimum atomic E-state index is -5.20. The zero-order valence-corrected chi connectivity index (χ0v) is 11.8. The topological polar surface area (TPSA) is 77.3 Å². The monoisotopic (exact) mass is 415 g/mol. The Balaban J connectivity index is 3.88. The molecule has 0 aliphatic rings. The van der Waals surface area contributed by atoms with E-state index in [4.69, 9.17) is 10.7 Å². The minimum absolute atomic E-state index is 0.0495. The second-order valence-corrected chi connectivity index (χ2v) is 6.77. The van der Waals surface area contributed by atoms with Crippen LogP contribution in [-0.2, 0) is 15.2 Å². The van der Waals surface area contributed by atoms with Gasteiger partial charge in [0.05, 0.1) is 4.92 Å². The van der Waals surface area contributed by atoms with Crippen molar-refractivity contribution in [2.75, 3.05) is 0 Å². The van der Waals surface area contributed by atoms with Crippen molar-refractivity contribution >= 4 is 48.0 Å². The van der Waals surface area contributed by atoms with Crippen LogP contribution in [0.25, 0.3) is 0 Å². The Morgan fingerprint density at radius 3 is 2.17 bits per heavy atom. The number of hydrogen-bond acceptors (Lipinski definition) is 4. The van der Waals surface area contributed by atoms with Gasteiger partial charge < -0.3 is 0 Å². The van der Waals surface area contributed by atoms with Gasteiger partial charge in [0, 0.05) is 20.3 Å². The van der Waals surface area contributed by atoms with E-state index in [1.807, 2.05) is 0 Å². The molecule has 0 aliphatic carbocycles. The van der Waals surface area contributed by atoms with Gasteiger partial charge in [-0.15, -0.1) is 0 Å². The zero-order chi connectivity index (χ0) is 14.3. The smallest absolute Gasteiger partial charge is 0.258 e. The number of halogens is 5. The van der Waals surface area contributed by atoms with Gasteiger partial charge in [-0.1, -0.05) is 0 Å². The van der Waals surface area contributed by atoms with Gasteiger partial charge in [0.2, 0.25) is 0 Å². The summed E-state index contributed by atoms with van der Waals surface area (Å²) in [5.41, 5.74) is -3.23. The predicted octanol–water partition coefficient (Wildman–Crippen LogP) is 3.15. The number of alkyl halides is 3. The molecule has 0 heterocycles. The molecule has 0 aromatic heterocycles. The van der Waals surface area contributed by atoms with E-state index in [-0.39, 0.29) is 3.57 Å². The van der Waals surface area contributed by atoms with E-state index in [1.54, 1.807) is 0 Å². The summed E-state index contributed by atoms with van der Waals surface area (Å²) in [6.07, 6.45) is -5.20. The quantitative estimate of drug-likeness (QED) is 0.322. The normalized spacial score (nSPS) is 12.5. The first-order chi connectivity index (χ1) is 7.94. The van der Waals surface area contributed by atoms with Gasteiger partial charge in [-0.05, 0) is 28.7 Å². The predicted molar refractivity (Wildman–Crippen MR) is 63.9 cm³/mol. The van der Waals surface area contributed by atoms with E-state index in [0.29, 0.717) is 12.1 Å². The Morgan fingerprint density at radius 1 is 1.33 bits per heavy atom. The van der Waals surface area contributed by atoms with E-state index in [2.05, 4.69) is 0 Å². The van der Waals surface area contributed by atoms with Crippen molar-refractivity contribution in [2.24, 2.45) is 0 Å². The zero-order valence-electron chi connectivity index (χ0n) is 8.03. The lowest BCUT2D eigenvalue weighted by atomic mass is 10.2. The van der Waals surface area contributed by atoms with Crippen molar-refractivity contribution < 1.29 is 26.5 Å². The van der Waals surface area contributed by atoms with Crippen molar-refractivity contribution in [2.45, 2.75) is 11.1 Å². The van der Waals surface area contributed by atoms with E-state index in [9.17, 15) is 31.7 Å². The van der Waals surface area contributed by atoms with Gasteiger partial charge in [0.25, 0.3) is 14.7 Å². The SMILES string of the molecule is O=[N+]([O-])c1cc(I)cc(S(=O)(=O)Cl)c1C(F)(F)F. The van der Waals surface area contributed by atoms with Gasteiger partial charge in [0.1, 0.15) is 4.90 Å². The summed E-state index contributed by atoms with van der Waals surface area (Å²) in [5, 5.41) is 10.6. The van der Waals surface area contributed by atoms with E-state index in [0.717, 1.165) is 0 Å². The summed E-state index contributed by atoms with van der Waals surface area (Å²) in [5.74, 6) is 0. The number of rotatable bonds is 2. The molecule has 1 aromatic carbocycles. The third kappa shape index (κ3) is 3.23. The summed E-state index contributed by atoms with van der Waals surface area (Å²) in [7, 11) is 0.113. The van der Waals surface area contributed by atoms with Crippen LogP contribution in [0.5, 0.6) is 0 Å². The number of benzene rings is 1. The largest absolute Gasteiger partial charge is 0.424 e. The van der Waals surface area contributed by atoms with Crippen molar-refractivity contribution in [1.82, 2.24) is 0 Å². The molecule has 11 heteroatoms. The van der Waals surface area contributed by atoms with E-state index < -0.39 is 36.3 Å². The molecule has 5 nitrogen and oxygen atoms in total. The molecule has 0 N–H and O–H groups in total. The van der Waals surface area contributed by atoms with Crippen molar-refractivity contribution in [1.29, 1.82) is 0 Å².